The Morgan fingerprint density at radius 2 is 1.17 bits per heavy atom. The summed E-state index contributed by atoms with van der Waals surface area (Å²) in [5, 5.41) is 2.65. The highest BCUT2D eigenvalue weighted by Crippen LogP contribution is 2.31. The van der Waals surface area contributed by atoms with Gasteiger partial charge in [0.15, 0.2) is 6.29 Å². The van der Waals surface area contributed by atoms with Crippen LogP contribution in [0.25, 0.3) is 21.1 Å². The van der Waals surface area contributed by atoms with Gasteiger partial charge in [-0.15, -0.1) is 22.7 Å². The zero-order valence-corrected chi connectivity index (χ0v) is 25.7. The third-order valence-corrected chi connectivity index (χ3v) is 8.24. The molecule has 0 spiro atoms. The molecular weight excluding hydrogens is 611 g/mol. The molecule has 0 unspecified atom stereocenters. The van der Waals surface area contributed by atoms with Gasteiger partial charge in [-0.3, -0.25) is 0 Å². The molecule has 4 aromatic rings. The predicted octanol–water partition coefficient (Wildman–Crippen LogP) is 6.40. The largest absolute Gasteiger partial charge is 0.465 e. The van der Waals surface area contributed by atoms with Gasteiger partial charge in [0.2, 0.25) is 0 Å². The minimum absolute atomic E-state index is 0.0918. The van der Waals surface area contributed by atoms with Gasteiger partial charge in [0.25, 0.3) is 0 Å². The Morgan fingerprint density at radius 3 is 1.56 bits per heavy atom. The smallest absolute Gasteiger partial charge is 0.350 e. The van der Waals surface area contributed by atoms with E-state index in [1.54, 1.807) is 38.5 Å². The van der Waals surface area contributed by atoms with Crippen molar-refractivity contribution in [3.05, 3.63) is 79.7 Å². The Labute approximate surface area is 255 Å². The number of esters is 2. The first-order chi connectivity index (χ1) is 19.7. The second kappa shape index (κ2) is 15.7. The standard InChI is InChI=1S/C15H16ClNO4S.C13H10ClNO3S/c1-19-12(20-2)8-11-13(15(18)21-3)22-14(17-11)9-4-6-10(16)7-5-9;1-18-13(17)11-10(6-7-16)15-12(19-11)8-2-4-9(14)5-3-8/h4-7,12H,8H2,1-3H3;2-5,7H,6H2,1H3. The maximum Gasteiger partial charge on any atom is 0.350 e. The highest BCUT2D eigenvalue weighted by atomic mass is 35.5. The second-order valence-electron chi connectivity index (χ2n) is 8.06. The number of hydrogen-bond donors (Lipinski definition) is 0. The molecule has 0 saturated carbocycles. The van der Waals surface area contributed by atoms with Crippen LogP contribution in [-0.2, 0) is 36.6 Å². The fourth-order valence-corrected chi connectivity index (χ4v) is 5.70. The molecule has 13 heteroatoms. The van der Waals surface area contributed by atoms with Crippen molar-refractivity contribution >= 4 is 64.1 Å². The zero-order chi connectivity index (χ0) is 29.9. The van der Waals surface area contributed by atoms with E-state index in [1.165, 1.54) is 36.9 Å². The molecule has 0 amide bonds. The Kier molecular flexibility index (Phi) is 12.4. The number of nitrogens with zero attached hydrogens (tertiary/aromatic N) is 2. The highest BCUT2D eigenvalue weighted by Gasteiger charge is 2.22. The second-order valence-corrected chi connectivity index (χ2v) is 10.9. The topological polar surface area (TPSA) is 114 Å². The zero-order valence-electron chi connectivity index (χ0n) is 22.5. The molecule has 216 valence electrons. The first-order valence-corrected chi connectivity index (χ1v) is 14.3. The van der Waals surface area contributed by atoms with Gasteiger partial charge in [-0.05, 0) is 24.3 Å². The first-order valence-electron chi connectivity index (χ1n) is 11.9. The third-order valence-electron chi connectivity index (χ3n) is 5.48. The molecule has 2 aromatic heterocycles. The molecule has 0 saturated heterocycles. The Morgan fingerprint density at radius 1 is 0.756 bits per heavy atom. The number of aldehydes is 1. The average molecular weight is 638 g/mol. The molecule has 0 N–H and O–H groups in total. The van der Waals surface area contributed by atoms with E-state index >= 15 is 0 Å². The van der Waals surface area contributed by atoms with Crippen LogP contribution in [0.3, 0.4) is 0 Å². The fraction of sp³-hybridized carbons (Fsp3) is 0.250. The Hall–Kier alpha value is -3.19. The summed E-state index contributed by atoms with van der Waals surface area (Å²) in [5.41, 5.74) is 2.76. The van der Waals surface area contributed by atoms with Crippen molar-refractivity contribution < 1.29 is 33.3 Å². The van der Waals surface area contributed by atoms with Crippen LogP contribution in [0.5, 0.6) is 0 Å². The molecule has 0 fully saturated rings. The van der Waals surface area contributed by atoms with Crippen molar-refractivity contribution in [1.82, 2.24) is 9.97 Å². The Balaban J connectivity index is 0.000000228. The highest BCUT2D eigenvalue weighted by molar-refractivity contribution is 7.17. The number of carbonyl (C=O) groups excluding carboxylic acids is 3. The van der Waals surface area contributed by atoms with E-state index < -0.39 is 18.2 Å². The minimum Gasteiger partial charge on any atom is -0.465 e. The maximum absolute atomic E-state index is 11.9. The van der Waals surface area contributed by atoms with Crippen LogP contribution in [0.2, 0.25) is 10.0 Å². The van der Waals surface area contributed by atoms with Crippen molar-refractivity contribution in [1.29, 1.82) is 0 Å². The van der Waals surface area contributed by atoms with Crippen molar-refractivity contribution in [3.8, 4) is 21.1 Å². The number of hydrogen-bond acceptors (Lipinski definition) is 11. The lowest BCUT2D eigenvalue weighted by molar-refractivity contribution is -0.107. The number of ether oxygens (including phenoxy) is 4. The van der Waals surface area contributed by atoms with Gasteiger partial charge in [-0.25, -0.2) is 19.6 Å². The number of thiazole rings is 2. The van der Waals surface area contributed by atoms with Crippen LogP contribution in [0.15, 0.2) is 48.5 Å². The molecule has 2 heterocycles. The van der Waals surface area contributed by atoms with Gasteiger partial charge in [0.05, 0.1) is 25.6 Å². The minimum atomic E-state index is -0.477. The lowest BCUT2D eigenvalue weighted by atomic mass is 10.2. The maximum atomic E-state index is 11.9. The Bertz CT molecular complexity index is 1470. The molecule has 4 rings (SSSR count). The summed E-state index contributed by atoms with van der Waals surface area (Å²) >= 11 is 14.2. The van der Waals surface area contributed by atoms with Crippen LogP contribution < -0.4 is 0 Å². The number of halogens is 2. The summed E-state index contributed by atoms with van der Waals surface area (Å²) < 4.78 is 19.9. The van der Waals surface area contributed by atoms with E-state index in [9.17, 15) is 14.4 Å². The molecule has 9 nitrogen and oxygen atoms in total. The number of rotatable bonds is 10. The normalized spacial score (nSPS) is 10.6. The van der Waals surface area contributed by atoms with E-state index in [-0.39, 0.29) is 6.42 Å². The van der Waals surface area contributed by atoms with Crippen LogP contribution >= 0.6 is 45.9 Å². The van der Waals surface area contributed by atoms with E-state index in [0.717, 1.165) is 16.1 Å². The molecule has 0 atom stereocenters. The molecule has 41 heavy (non-hydrogen) atoms. The predicted molar refractivity (Wildman–Crippen MR) is 159 cm³/mol. The fourth-order valence-electron chi connectivity index (χ4n) is 3.42. The molecule has 0 aliphatic rings. The molecule has 0 aliphatic heterocycles. The van der Waals surface area contributed by atoms with Crippen LogP contribution in [-0.4, -0.2) is 62.9 Å². The van der Waals surface area contributed by atoms with Crippen molar-refractivity contribution in [2.24, 2.45) is 0 Å². The van der Waals surface area contributed by atoms with Gasteiger partial charge in [-0.1, -0.05) is 47.5 Å². The summed E-state index contributed by atoms with van der Waals surface area (Å²) in [6.07, 6.45) is 0.701. The molecule has 2 aromatic carbocycles. The van der Waals surface area contributed by atoms with Gasteiger partial charge in [0, 0.05) is 48.2 Å². The monoisotopic (exact) mass is 636 g/mol. The molecule has 0 radical (unpaired) electrons. The quantitative estimate of drug-likeness (QED) is 0.111. The van der Waals surface area contributed by atoms with Crippen molar-refractivity contribution in [3.63, 3.8) is 0 Å². The van der Waals surface area contributed by atoms with Gasteiger partial charge in [0.1, 0.15) is 26.1 Å². The van der Waals surface area contributed by atoms with Crippen LogP contribution in [0.1, 0.15) is 30.7 Å². The van der Waals surface area contributed by atoms with Crippen molar-refractivity contribution in [2.45, 2.75) is 19.1 Å². The SMILES string of the molecule is COC(=O)c1sc(-c2ccc(Cl)cc2)nc1CC(OC)OC.COC(=O)c1sc(-c2ccc(Cl)cc2)nc1CC=O. The number of methoxy groups -OCH3 is 4. The van der Waals surface area contributed by atoms with E-state index in [0.29, 0.717) is 48.9 Å². The average Bonchev–Trinajstić information content (AvgIpc) is 3.61. The summed E-state index contributed by atoms with van der Waals surface area (Å²) in [5.74, 6) is -0.895. The lowest BCUT2D eigenvalue weighted by Gasteiger charge is -2.12. The van der Waals surface area contributed by atoms with Crippen LogP contribution in [0, 0.1) is 0 Å². The number of benzene rings is 2. The number of aromatic nitrogens is 2. The molecule has 0 bridgehead atoms. The summed E-state index contributed by atoms with van der Waals surface area (Å²) in [7, 11) is 5.73. The van der Waals surface area contributed by atoms with Gasteiger partial charge in [-0.2, -0.15) is 0 Å². The van der Waals surface area contributed by atoms with Crippen molar-refractivity contribution in [2.75, 3.05) is 28.4 Å². The number of carbonyl (C=O) groups is 3. The molecule has 0 aliphatic carbocycles. The lowest BCUT2D eigenvalue weighted by Crippen LogP contribution is -2.18. The van der Waals surface area contributed by atoms with Gasteiger partial charge < -0.3 is 23.7 Å². The van der Waals surface area contributed by atoms with E-state index in [1.807, 2.05) is 24.3 Å². The van der Waals surface area contributed by atoms with Gasteiger partial charge >= 0.3 is 11.9 Å². The van der Waals surface area contributed by atoms with E-state index in [2.05, 4.69) is 14.7 Å². The van der Waals surface area contributed by atoms with Crippen LogP contribution in [0.4, 0.5) is 0 Å². The first kappa shape index (κ1) is 32.3. The summed E-state index contributed by atoms with van der Waals surface area (Å²) in [6, 6.07) is 14.4. The summed E-state index contributed by atoms with van der Waals surface area (Å²) in [4.78, 5) is 43.8. The van der Waals surface area contributed by atoms with E-state index in [4.69, 9.17) is 37.4 Å². The molecular formula is C28H26Cl2N2O7S2. The third kappa shape index (κ3) is 8.65. The summed E-state index contributed by atoms with van der Waals surface area (Å²) in [6.45, 7) is 0.